The number of aromatic nitrogens is 7. The molecule has 1 amide bonds. The van der Waals surface area contributed by atoms with Crippen molar-refractivity contribution in [3.63, 3.8) is 0 Å². The molecule has 0 unspecified atom stereocenters. The molecule has 186 valence electrons. The Hall–Kier alpha value is -4.48. The zero-order valence-electron chi connectivity index (χ0n) is 20.2. The summed E-state index contributed by atoms with van der Waals surface area (Å²) in [6.07, 6.45) is 12.5. The predicted molar refractivity (Wildman–Crippen MR) is 134 cm³/mol. The number of rotatable bonds is 8. The van der Waals surface area contributed by atoms with Crippen LogP contribution in [0.3, 0.4) is 0 Å². The highest BCUT2D eigenvalue weighted by atomic mass is 16.5. The van der Waals surface area contributed by atoms with Gasteiger partial charge >= 0.3 is 0 Å². The van der Waals surface area contributed by atoms with Crippen molar-refractivity contribution in [2.24, 2.45) is 12.8 Å². The molecule has 0 spiro atoms. The highest BCUT2D eigenvalue weighted by molar-refractivity contribution is 6.03. The monoisotopic (exact) mass is 488 g/mol. The Bertz CT molecular complexity index is 1370. The van der Waals surface area contributed by atoms with Crippen LogP contribution in [0.25, 0.3) is 11.4 Å². The highest BCUT2D eigenvalue weighted by Gasteiger charge is 2.21. The number of amides is 1. The van der Waals surface area contributed by atoms with Crippen molar-refractivity contribution < 1.29 is 9.53 Å². The second kappa shape index (κ2) is 10.0. The molecule has 4 N–H and O–H groups in total. The molecular weight excluding hydrogens is 460 g/mol. The number of para-hydroxylation sites is 1. The Labute approximate surface area is 207 Å². The fourth-order valence-corrected chi connectivity index (χ4v) is 4.51. The lowest BCUT2D eigenvalue weighted by Gasteiger charge is -2.21. The van der Waals surface area contributed by atoms with Crippen molar-refractivity contribution in [3.8, 4) is 17.1 Å². The molecule has 36 heavy (non-hydrogen) atoms. The van der Waals surface area contributed by atoms with Crippen molar-refractivity contribution in [1.82, 2.24) is 34.5 Å². The fraction of sp³-hybridized carbons (Fsp3) is 0.333. The van der Waals surface area contributed by atoms with Gasteiger partial charge in [0.25, 0.3) is 5.91 Å². The largest absolute Gasteiger partial charge is 0.494 e. The van der Waals surface area contributed by atoms with Crippen LogP contribution in [-0.2, 0) is 7.05 Å². The Morgan fingerprint density at radius 1 is 1.11 bits per heavy atom. The van der Waals surface area contributed by atoms with Crippen LogP contribution >= 0.6 is 0 Å². The van der Waals surface area contributed by atoms with E-state index in [-0.39, 0.29) is 17.2 Å². The zero-order valence-corrected chi connectivity index (χ0v) is 20.2. The van der Waals surface area contributed by atoms with Gasteiger partial charge < -0.3 is 21.1 Å². The standard InChI is InChI=1S/C24H28N10O2/c1-33-14-28-22(32-33)17-9-6-10-18(20(17)36-2)31-24-19(21(25)35)23(26-13-27-24)30-15-11-29-34(12-15)16-7-4-3-5-8-16/h6,9-14,16H,3-5,7-8H2,1-2H3,(H2,25,35)(H2,26,27,30,31). The Kier molecular flexibility index (Phi) is 6.48. The number of hydrogen-bond acceptors (Lipinski definition) is 9. The van der Waals surface area contributed by atoms with Crippen LogP contribution in [0.15, 0.2) is 43.2 Å². The van der Waals surface area contributed by atoms with Gasteiger partial charge in [-0.2, -0.15) is 10.2 Å². The minimum atomic E-state index is -0.679. The van der Waals surface area contributed by atoms with Crippen molar-refractivity contribution >= 4 is 28.9 Å². The maximum absolute atomic E-state index is 12.5. The number of ether oxygens (including phenoxy) is 1. The molecule has 1 fully saturated rings. The fourth-order valence-electron chi connectivity index (χ4n) is 4.51. The molecule has 12 heteroatoms. The molecule has 1 aromatic carbocycles. The Morgan fingerprint density at radius 2 is 1.89 bits per heavy atom. The number of carbonyl (C=O) groups is 1. The minimum absolute atomic E-state index is 0.117. The molecule has 0 atom stereocenters. The third kappa shape index (κ3) is 4.69. The lowest BCUT2D eigenvalue weighted by Crippen LogP contribution is -2.17. The molecular formula is C24H28N10O2. The van der Waals surface area contributed by atoms with Gasteiger partial charge in [0.15, 0.2) is 11.6 Å². The van der Waals surface area contributed by atoms with Crippen LogP contribution in [0.2, 0.25) is 0 Å². The summed E-state index contributed by atoms with van der Waals surface area (Å²) >= 11 is 0. The Balaban J connectivity index is 1.45. The summed E-state index contributed by atoms with van der Waals surface area (Å²) in [5, 5.41) is 15.2. The highest BCUT2D eigenvalue weighted by Crippen LogP contribution is 2.37. The Morgan fingerprint density at radius 3 is 2.58 bits per heavy atom. The first-order valence-corrected chi connectivity index (χ1v) is 11.8. The third-order valence-corrected chi connectivity index (χ3v) is 6.22. The van der Waals surface area contributed by atoms with Crippen molar-refractivity contribution in [2.45, 2.75) is 38.1 Å². The van der Waals surface area contributed by atoms with E-state index in [1.54, 1.807) is 37.4 Å². The number of aryl methyl sites for hydroxylation is 1. The molecule has 0 radical (unpaired) electrons. The summed E-state index contributed by atoms with van der Waals surface area (Å²) in [4.78, 5) is 25.4. The molecule has 3 aromatic heterocycles. The first-order chi connectivity index (χ1) is 17.5. The summed E-state index contributed by atoms with van der Waals surface area (Å²) in [6, 6.07) is 5.88. The van der Waals surface area contributed by atoms with E-state index in [1.165, 1.54) is 25.6 Å². The average Bonchev–Trinajstić information content (AvgIpc) is 3.53. The second-order valence-corrected chi connectivity index (χ2v) is 8.69. The lowest BCUT2D eigenvalue weighted by atomic mass is 9.96. The number of hydrogen-bond donors (Lipinski definition) is 3. The summed E-state index contributed by atoms with van der Waals surface area (Å²) in [5.41, 5.74) is 7.85. The van der Waals surface area contributed by atoms with E-state index in [4.69, 9.17) is 10.5 Å². The number of anilines is 4. The van der Waals surface area contributed by atoms with Gasteiger partial charge in [-0.3, -0.25) is 14.2 Å². The van der Waals surface area contributed by atoms with E-state index < -0.39 is 5.91 Å². The van der Waals surface area contributed by atoms with Crippen molar-refractivity contribution in [2.75, 3.05) is 17.7 Å². The number of nitrogens with zero attached hydrogens (tertiary/aromatic N) is 7. The van der Waals surface area contributed by atoms with Gasteiger partial charge in [-0.25, -0.2) is 15.0 Å². The molecule has 0 saturated heterocycles. The maximum Gasteiger partial charge on any atom is 0.256 e. The molecule has 3 heterocycles. The van der Waals surface area contributed by atoms with Crippen molar-refractivity contribution in [3.05, 3.63) is 48.8 Å². The number of nitrogens with one attached hydrogen (secondary N) is 2. The summed E-state index contributed by atoms with van der Waals surface area (Å²) < 4.78 is 9.25. The maximum atomic E-state index is 12.5. The topological polar surface area (TPSA) is 151 Å². The van der Waals surface area contributed by atoms with Gasteiger partial charge in [-0.15, -0.1) is 0 Å². The molecule has 5 rings (SSSR count). The second-order valence-electron chi connectivity index (χ2n) is 8.69. The molecule has 12 nitrogen and oxygen atoms in total. The van der Waals surface area contributed by atoms with Gasteiger partial charge in [0.1, 0.15) is 29.9 Å². The van der Waals surface area contributed by atoms with Gasteiger partial charge in [0.2, 0.25) is 0 Å². The van der Waals surface area contributed by atoms with Crippen molar-refractivity contribution in [1.29, 1.82) is 0 Å². The SMILES string of the molecule is COc1c(Nc2ncnc(Nc3cnn(C4CCCCC4)c3)c2C(N)=O)cccc1-c1ncn(C)n1. The molecule has 1 aliphatic carbocycles. The van der Waals surface area contributed by atoms with E-state index in [1.807, 2.05) is 23.0 Å². The van der Waals surface area contributed by atoms with Gasteiger partial charge in [0.05, 0.1) is 36.3 Å². The van der Waals surface area contributed by atoms with Crippen LogP contribution in [0.1, 0.15) is 48.5 Å². The van der Waals surface area contributed by atoms with Gasteiger partial charge in [-0.05, 0) is 25.0 Å². The first-order valence-electron chi connectivity index (χ1n) is 11.8. The lowest BCUT2D eigenvalue weighted by molar-refractivity contribution is 0.100. The minimum Gasteiger partial charge on any atom is -0.494 e. The quantitative estimate of drug-likeness (QED) is 0.338. The van der Waals surface area contributed by atoms with E-state index >= 15 is 0 Å². The number of methoxy groups -OCH3 is 1. The molecule has 0 bridgehead atoms. The number of carbonyl (C=O) groups excluding carboxylic acids is 1. The first kappa shape index (κ1) is 23.3. The third-order valence-electron chi connectivity index (χ3n) is 6.22. The van der Waals surface area contributed by atoms with Crippen LogP contribution < -0.4 is 21.1 Å². The van der Waals surface area contributed by atoms with E-state index in [2.05, 4.69) is 35.8 Å². The summed E-state index contributed by atoms with van der Waals surface area (Å²) in [5.74, 6) is 0.852. The van der Waals surface area contributed by atoms with Crippen LogP contribution in [0, 0.1) is 0 Å². The van der Waals surface area contributed by atoms with E-state index in [9.17, 15) is 4.79 Å². The molecule has 1 saturated carbocycles. The average molecular weight is 489 g/mol. The number of nitrogens with two attached hydrogens (primary N) is 1. The summed E-state index contributed by atoms with van der Waals surface area (Å²) in [6.45, 7) is 0. The van der Waals surface area contributed by atoms with E-state index in [0.29, 0.717) is 34.6 Å². The summed E-state index contributed by atoms with van der Waals surface area (Å²) in [7, 11) is 3.34. The normalized spacial score (nSPS) is 13.9. The number of primary amides is 1. The molecule has 0 aliphatic heterocycles. The van der Waals surface area contributed by atoms with Crippen LogP contribution in [0.4, 0.5) is 23.0 Å². The smallest absolute Gasteiger partial charge is 0.256 e. The van der Waals surface area contributed by atoms with Gasteiger partial charge in [0, 0.05) is 13.2 Å². The predicted octanol–water partition coefficient (Wildman–Crippen LogP) is 3.57. The van der Waals surface area contributed by atoms with Crippen LogP contribution in [0.5, 0.6) is 5.75 Å². The van der Waals surface area contributed by atoms with E-state index in [0.717, 1.165) is 12.8 Å². The molecule has 1 aliphatic rings. The van der Waals surface area contributed by atoms with Gasteiger partial charge in [-0.1, -0.05) is 25.3 Å². The zero-order chi connectivity index (χ0) is 25.1. The molecule has 4 aromatic rings. The number of benzene rings is 1. The van der Waals surface area contributed by atoms with Crippen LogP contribution in [-0.4, -0.2) is 47.5 Å².